The zero-order valence-corrected chi connectivity index (χ0v) is 23.1. The number of aryl methyl sites for hydroxylation is 1. The highest BCUT2D eigenvalue weighted by molar-refractivity contribution is 9.10. The van der Waals surface area contributed by atoms with E-state index in [9.17, 15) is 9.59 Å². The molecule has 1 aromatic carbocycles. The first-order chi connectivity index (χ1) is 16.8. The van der Waals surface area contributed by atoms with Crippen molar-refractivity contribution in [2.75, 3.05) is 19.8 Å². The Morgan fingerprint density at radius 1 is 1.26 bits per heavy atom. The van der Waals surface area contributed by atoms with Gasteiger partial charge in [-0.3, -0.25) is 14.5 Å². The Kier molecular flexibility index (Phi) is 10.8. The average molecular weight is 569 g/mol. The molecule has 2 amide bonds. The van der Waals surface area contributed by atoms with E-state index >= 15 is 0 Å². The van der Waals surface area contributed by atoms with Crippen LogP contribution in [0.3, 0.4) is 0 Å². The van der Waals surface area contributed by atoms with E-state index in [0.717, 1.165) is 24.8 Å². The molecule has 192 valence electrons. The van der Waals surface area contributed by atoms with Crippen molar-refractivity contribution < 1.29 is 19.1 Å². The molecule has 1 aliphatic rings. The molecule has 35 heavy (non-hydrogen) atoms. The van der Waals surface area contributed by atoms with Gasteiger partial charge < -0.3 is 14.0 Å². The first kappa shape index (κ1) is 27.8. The Hall–Kier alpha value is -1.74. The molecule has 7 nitrogen and oxygen atoms in total. The van der Waals surface area contributed by atoms with E-state index in [1.807, 2.05) is 38.1 Å². The highest BCUT2D eigenvalue weighted by atomic mass is 79.9. The monoisotopic (exact) mass is 567 g/mol. The standard InChI is InChI=1S/C26H35BrClN3O4/c1-4-20(5-2)24(32)30(14-8-16-35-22-9-6-7-15-34-22)25(33)23-18(3)29-26(27)31(23)17-19-10-12-21(28)13-11-19/h10-13,20,22H,4-9,14-17H2,1-3H3. The van der Waals surface area contributed by atoms with Crippen molar-refractivity contribution in [2.45, 2.75) is 72.1 Å². The summed E-state index contributed by atoms with van der Waals surface area (Å²) in [6.45, 7) is 7.60. The molecule has 3 rings (SSSR count). The number of benzene rings is 1. The number of nitrogens with zero attached hydrogens (tertiary/aromatic N) is 3. The second kappa shape index (κ2) is 13.5. The van der Waals surface area contributed by atoms with Gasteiger partial charge in [0, 0.05) is 24.1 Å². The smallest absolute Gasteiger partial charge is 0.279 e. The van der Waals surface area contributed by atoms with Crippen LogP contribution in [0.15, 0.2) is 29.0 Å². The first-order valence-electron chi connectivity index (χ1n) is 12.4. The Balaban J connectivity index is 1.80. The van der Waals surface area contributed by atoms with Crippen molar-refractivity contribution in [3.8, 4) is 0 Å². The van der Waals surface area contributed by atoms with Crippen LogP contribution in [0.4, 0.5) is 0 Å². The molecule has 0 saturated carbocycles. The SMILES string of the molecule is CCC(CC)C(=O)N(CCCOC1CCCCO1)C(=O)c1c(C)nc(Br)n1Cc1ccc(Cl)cc1. The predicted molar refractivity (Wildman–Crippen MR) is 139 cm³/mol. The lowest BCUT2D eigenvalue weighted by Gasteiger charge is -2.27. The minimum absolute atomic E-state index is 0.149. The van der Waals surface area contributed by atoms with Crippen LogP contribution in [0.1, 0.15) is 74.1 Å². The molecular formula is C26H35BrClN3O4. The third-order valence-corrected chi connectivity index (χ3v) is 7.22. The Morgan fingerprint density at radius 3 is 2.60 bits per heavy atom. The summed E-state index contributed by atoms with van der Waals surface area (Å²) in [5.74, 6) is -0.693. The van der Waals surface area contributed by atoms with Crippen LogP contribution < -0.4 is 0 Å². The second-order valence-electron chi connectivity index (χ2n) is 8.86. The molecule has 0 bridgehead atoms. The lowest BCUT2D eigenvalue weighted by Crippen LogP contribution is -2.42. The topological polar surface area (TPSA) is 73.7 Å². The fraction of sp³-hybridized carbons (Fsp3) is 0.577. The third-order valence-electron chi connectivity index (χ3n) is 6.37. The number of hydrogen-bond acceptors (Lipinski definition) is 5. The van der Waals surface area contributed by atoms with E-state index in [-0.39, 0.29) is 30.6 Å². The van der Waals surface area contributed by atoms with Gasteiger partial charge in [-0.15, -0.1) is 0 Å². The van der Waals surface area contributed by atoms with Gasteiger partial charge >= 0.3 is 0 Å². The summed E-state index contributed by atoms with van der Waals surface area (Å²) < 4.78 is 13.8. The molecule has 1 saturated heterocycles. The Bertz CT molecular complexity index is 985. The second-order valence-corrected chi connectivity index (χ2v) is 10.0. The molecule has 0 N–H and O–H groups in total. The fourth-order valence-corrected chi connectivity index (χ4v) is 5.00. The summed E-state index contributed by atoms with van der Waals surface area (Å²) in [4.78, 5) is 33.1. The van der Waals surface area contributed by atoms with Crippen LogP contribution in [0.25, 0.3) is 0 Å². The van der Waals surface area contributed by atoms with Crippen molar-refractivity contribution in [3.05, 3.63) is 51.0 Å². The van der Waals surface area contributed by atoms with Crippen LogP contribution in [-0.4, -0.2) is 52.3 Å². The lowest BCUT2D eigenvalue weighted by molar-refractivity contribution is -0.163. The number of hydrogen-bond donors (Lipinski definition) is 0. The predicted octanol–water partition coefficient (Wildman–Crippen LogP) is 5.99. The molecule has 0 spiro atoms. The quantitative estimate of drug-likeness (QED) is 0.311. The van der Waals surface area contributed by atoms with Crippen molar-refractivity contribution in [2.24, 2.45) is 5.92 Å². The van der Waals surface area contributed by atoms with Crippen molar-refractivity contribution in [1.82, 2.24) is 14.5 Å². The number of aromatic nitrogens is 2. The highest BCUT2D eigenvalue weighted by Gasteiger charge is 2.31. The number of carbonyl (C=O) groups is 2. The fourth-order valence-electron chi connectivity index (χ4n) is 4.30. The molecule has 1 fully saturated rings. The lowest BCUT2D eigenvalue weighted by atomic mass is 10.0. The first-order valence-corrected chi connectivity index (χ1v) is 13.6. The van der Waals surface area contributed by atoms with Crippen LogP contribution in [0, 0.1) is 12.8 Å². The number of rotatable bonds is 11. The molecular weight excluding hydrogens is 534 g/mol. The van der Waals surface area contributed by atoms with E-state index in [2.05, 4.69) is 20.9 Å². The molecule has 1 aromatic heterocycles. The summed E-state index contributed by atoms with van der Waals surface area (Å²) in [5, 5.41) is 0.647. The summed E-state index contributed by atoms with van der Waals surface area (Å²) >= 11 is 9.53. The maximum atomic E-state index is 13.9. The van der Waals surface area contributed by atoms with Gasteiger partial charge in [0.2, 0.25) is 5.91 Å². The minimum Gasteiger partial charge on any atom is -0.353 e. The summed E-state index contributed by atoms with van der Waals surface area (Å²) in [6.07, 6.45) is 4.74. The minimum atomic E-state index is -0.333. The summed E-state index contributed by atoms with van der Waals surface area (Å²) in [5.41, 5.74) is 1.95. The van der Waals surface area contributed by atoms with Crippen LogP contribution in [0.5, 0.6) is 0 Å². The van der Waals surface area contributed by atoms with Crippen molar-refractivity contribution in [1.29, 1.82) is 0 Å². The maximum absolute atomic E-state index is 13.9. The van der Waals surface area contributed by atoms with E-state index < -0.39 is 0 Å². The molecule has 0 aliphatic carbocycles. The number of halogens is 2. The number of amides is 2. The molecule has 1 unspecified atom stereocenters. The van der Waals surface area contributed by atoms with Gasteiger partial charge in [-0.05, 0) is 79.1 Å². The third kappa shape index (κ3) is 7.38. The largest absolute Gasteiger partial charge is 0.353 e. The zero-order valence-electron chi connectivity index (χ0n) is 20.8. The highest BCUT2D eigenvalue weighted by Crippen LogP contribution is 2.23. The van der Waals surface area contributed by atoms with Gasteiger partial charge in [0.15, 0.2) is 11.0 Å². The van der Waals surface area contributed by atoms with Crippen LogP contribution in [0.2, 0.25) is 5.02 Å². The van der Waals surface area contributed by atoms with Gasteiger partial charge in [0.25, 0.3) is 5.91 Å². The number of imide groups is 1. The summed E-state index contributed by atoms with van der Waals surface area (Å²) in [7, 11) is 0. The van der Waals surface area contributed by atoms with Gasteiger partial charge in [-0.2, -0.15) is 0 Å². The van der Waals surface area contributed by atoms with Crippen LogP contribution in [-0.2, 0) is 20.8 Å². The molecule has 1 aliphatic heterocycles. The maximum Gasteiger partial charge on any atom is 0.279 e. The van der Waals surface area contributed by atoms with Gasteiger partial charge in [-0.25, -0.2) is 4.98 Å². The number of ether oxygens (including phenoxy) is 2. The van der Waals surface area contributed by atoms with Gasteiger partial charge in [0.1, 0.15) is 5.69 Å². The molecule has 2 heterocycles. The van der Waals surface area contributed by atoms with Crippen molar-refractivity contribution >= 4 is 39.3 Å². The van der Waals surface area contributed by atoms with Gasteiger partial charge in [0.05, 0.1) is 18.8 Å². The Labute approximate surface area is 221 Å². The number of carbonyl (C=O) groups excluding carboxylic acids is 2. The average Bonchev–Trinajstić information content (AvgIpc) is 3.13. The van der Waals surface area contributed by atoms with E-state index in [4.69, 9.17) is 21.1 Å². The molecule has 0 radical (unpaired) electrons. The van der Waals surface area contributed by atoms with Gasteiger partial charge in [-0.1, -0.05) is 37.6 Å². The summed E-state index contributed by atoms with van der Waals surface area (Å²) in [6, 6.07) is 7.45. The molecule has 2 aromatic rings. The zero-order chi connectivity index (χ0) is 25.4. The normalized spacial score (nSPS) is 16.0. The van der Waals surface area contributed by atoms with Crippen LogP contribution >= 0.6 is 27.5 Å². The van der Waals surface area contributed by atoms with Crippen molar-refractivity contribution in [3.63, 3.8) is 0 Å². The number of imidazole rings is 1. The van der Waals surface area contributed by atoms with E-state index in [1.165, 1.54) is 4.90 Å². The Morgan fingerprint density at radius 2 is 1.97 bits per heavy atom. The molecule has 9 heteroatoms. The molecule has 1 atom stereocenters. The van der Waals surface area contributed by atoms with E-state index in [0.29, 0.717) is 60.2 Å². The van der Waals surface area contributed by atoms with E-state index in [1.54, 1.807) is 11.5 Å².